The van der Waals surface area contributed by atoms with Crippen molar-refractivity contribution < 1.29 is 12.8 Å². The molecule has 1 aromatic rings. The summed E-state index contributed by atoms with van der Waals surface area (Å²) in [6.45, 7) is 3.17. The third-order valence-corrected chi connectivity index (χ3v) is 4.41. The first-order chi connectivity index (χ1) is 7.23. The van der Waals surface area contributed by atoms with Gasteiger partial charge < -0.3 is 5.73 Å². The highest BCUT2D eigenvalue weighted by Crippen LogP contribution is 2.21. The van der Waals surface area contributed by atoms with E-state index in [4.69, 9.17) is 5.73 Å². The van der Waals surface area contributed by atoms with Gasteiger partial charge >= 0.3 is 0 Å². The highest BCUT2D eigenvalue weighted by Gasteiger charge is 2.24. The van der Waals surface area contributed by atoms with E-state index in [0.717, 1.165) is 6.26 Å². The summed E-state index contributed by atoms with van der Waals surface area (Å²) in [6, 6.07) is 3.84. The maximum Gasteiger partial charge on any atom is 0.151 e. The van der Waals surface area contributed by atoms with Crippen LogP contribution in [-0.2, 0) is 9.84 Å². The third kappa shape index (κ3) is 2.80. The molecule has 2 N–H and O–H groups in total. The molecule has 0 spiro atoms. The zero-order valence-corrected chi connectivity index (χ0v) is 10.4. The van der Waals surface area contributed by atoms with Crippen LogP contribution < -0.4 is 5.73 Å². The largest absolute Gasteiger partial charge is 0.323 e. The minimum Gasteiger partial charge on any atom is -0.323 e. The molecule has 0 heterocycles. The van der Waals surface area contributed by atoms with E-state index in [1.165, 1.54) is 13.0 Å². The Morgan fingerprint density at radius 3 is 2.38 bits per heavy atom. The zero-order chi connectivity index (χ0) is 12.5. The molecule has 0 aliphatic heterocycles. The second-order valence-corrected chi connectivity index (χ2v) is 6.47. The fourth-order valence-corrected chi connectivity index (χ4v) is 2.04. The van der Waals surface area contributed by atoms with Gasteiger partial charge in [-0.3, -0.25) is 0 Å². The maximum absolute atomic E-state index is 13.3. The molecule has 1 rings (SSSR count). The Morgan fingerprint density at radius 1 is 1.38 bits per heavy atom. The average molecular weight is 245 g/mol. The van der Waals surface area contributed by atoms with E-state index in [2.05, 4.69) is 0 Å². The van der Waals surface area contributed by atoms with Gasteiger partial charge in [-0.05, 0) is 31.0 Å². The molecule has 2 atom stereocenters. The van der Waals surface area contributed by atoms with Crippen molar-refractivity contribution in [1.82, 2.24) is 0 Å². The summed E-state index contributed by atoms with van der Waals surface area (Å²) in [5, 5.41) is -0.727. The van der Waals surface area contributed by atoms with Gasteiger partial charge in [0.1, 0.15) is 5.82 Å². The molecule has 5 heteroatoms. The maximum atomic E-state index is 13.3. The molecular weight excluding hydrogens is 229 g/mol. The van der Waals surface area contributed by atoms with E-state index in [-0.39, 0.29) is 5.82 Å². The zero-order valence-electron chi connectivity index (χ0n) is 9.57. The number of aryl methyl sites for hydroxylation is 1. The molecule has 2 unspecified atom stereocenters. The fourth-order valence-electron chi connectivity index (χ4n) is 1.35. The van der Waals surface area contributed by atoms with Gasteiger partial charge in [0.15, 0.2) is 9.84 Å². The lowest BCUT2D eigenvalue weighted by molar-refractivity contribution is 0.567. The van der Waals surface area contributed by atoms with Crippen molar-refractivity contribution in [3.63, 3.8) is 0 Å². The summed E-state index contributed by atoms with van der Waals surface area (Å²) < 4.78 is 35.9. The predicted molar refractivity (Wildman–Crippen MR) is 62.4 cm³/mol. The van der Waals surface area contributed by atoms with Gasteiger partial charge in [0.2, 0.25) is 0 Å². The van der Waals surface area contributed by atoms with Crippen LogP contribution in [-0.4, -0.2) is 19.9 Å². The molecule has 3 nitrogen and oxygen atoms in total. The van der Waals surface area contributed by atoms with Gasteiger partial charge in [0.05, 0.1) is 5.25 Å². The molecule has 0 saturated heterocycles. The lowest BCUT2D eigenvalue weighted by Gasteiger charge is -2.18. The van der Waals surface area contributed by atoms with E-state index < -0.39 is 21.1 Å². The highest BCUT2D eigenvalue weighted by atomic mass is 32.2. The molecule has 0 aliphatic rings. The number of benzene rings is 1. The van der Waals surface area contributed by atoms with Gasteiger partial charge in [-0.1, -0.05) is 12.1 Å². The second kappa shape index (κ2) is 4.51. The SMILES string of the molecule is Cc1ccc(C(N)C(C)S(C)(=O)=O)cc1F. The molecular formula is C11H16FNO2S. The monoisotopic (exact) mass is 245 g/mol. The summed E-state index contributed by atoms with van der Waals surface area (Å²) in [5.74, 6) is -0.367. The molecule has 90 valence electrons. The Labute approximate surface area is 95.4 Å². The van der Waals surface area contributed by atoms with Crippen molar-refractivity contribution in [3.05, 3.63) is 35.1 Å². The molecule has 0 aliphatic carbocycles. The molecule has 16 heavy (non-hydrogen) atoms. The first kappa shape index (κ1) is 13.1. The van der Waals surface area contributed by atoms with Crippen LogP contribution in [0.5, 0.6) is 0 Å². The Bertz CT molecular complexity index is 485. The lowest BCUT2D eigenvalue weighted by Crippen LogP contribution is -2.30. The van der Waals surface area contributed by atoms with Gasteiger partial charge in [0, 0.05) is 12.3 Å². The van der Waals surface area contributed by atoms with Crippen LogP contribution in [0.4, 0.5) is 4.39 Å². The van der Waals surface area contributed by atoms with Crippen molar-refractivity contribution in [2.24, 2.45) is 5.73 Å². The van der Waals surface area contributed by atoms with E-state index in [1.807, 2.05) is 0 Å². The van der Waals surface area contributed by atoms with Crippen LogP contribution in [0.15, 0.2) is 18.2 Å². The Balaban J connectivity index is 3.06. The predicted octanol–water partition coefficient (Wildman–Crippen LogP) is 1.57. The van der Waals surface area contributed by atoms with Gasteiger partial charge in [0.25, 0.3) is 0 Å². The van der Waals surface area contributed by atoms with Crippen molar-refractivity contribution in [2.75, 3.05) is 6.26 Å². The lowest BCUT2D eigenvalue weighted by atomic mass is 10.0. The topological polar surface area (TPSA) is 60.2 Å². The van der Waals surface area contributed by atoms with E-state index in [9.17, 15) is 12.8 Å². The van der Waals surface area contributed by atoms with Crippen molar-refractivity contribution in [2.45, 2.75) is 25.1 Å². The summed E-state index contributed by atoms with van der Waals surface area (Å²) in [5.41, 5.74) is 6.82. The molecule has 0 radical (unpaired) electrons. The van der Waals surface area contributed by atoms with Crippen LogP contribution in [0.3, 0.4) is 0 Å². The molecule has 0 aromatic heterocycles. The summed E-state index contributed by atoms with van der Waals surface area (Å²) in [4.78, 5) is 0. The van der Waals surface area contributed by atoms with Crippen molar-refractivity contribution in [3.8, 4) is 0 Å². The second-order valence-electron chi connectivity index (χ2n) is 4.07. The van der Waals surface area contributed by atoms with Crippen LogP contribution >= 0.6 is 0 Å². The van der Waals surface area contributed by atoms with Crippen LogP contribution in [0, 0.1) is 12.7 Å². The molecule has 0 bridgehead atoms. The third-order valence-electron chi connectivity index (χ3n) is 2.76. The fraction of sp³-hybridized carbons (Fsp3) is 0.455. The molecule has 0 saturated carbocycles. The standard InChI is InChI=1S/C11H16FNO2S/c1-7-4-5-9(6-10(7)12)11(13)8(2)16(3,14)15/h4-6,8,11H,13H2,1-3H3. The minimum atomic E-state index is -3.22. The summed E-state index contributed by atoms with van der Waals surface area (Å²) in [6.07, 6.45) is 1.13. The number of halogens is 1. The van der Waals surface area contributed by atoms with Crippen LogP contribution in [0.25, 0.3) is 0 Å². The van der Waals surface area contributed by atoms with Gasteiger partial charge in [-0.2, -0.15) is 0 Å². The minimum absolute atomic E-state index is 0.367. The number of hydrogen-bond donors (Lipinski definition) is 1. The van der Waals surface area contributed by atoms with Gasteiger partial charge in [-0.15, -0.1) is 0 Å². The van der Waals surface area contributed by atoms with Crippen LogP contribution in [0.1, 0.15) is 24.1 Å². The van der Waals surface area contributed by atoms with E-state index in [1.54, 1.807) is 19.1 Å². The number of sulfone groups is 1. The molecule has 0 fully saturated rings. The normalized spacial score (nSPS) is 15.8. The Kier molecular flexibility index (Phi) is 3.70. The van der Waals surface area contributed by atoms with Crippen LogP contribution in [0.2, 0.25) is 0 Å². The Morgan fingerprint density at radius 2 is 1.94 bits per heavy atom. The summed E-state index contributed by atoms with van der Waals surface area (Å²) in [7, 11) is -3.22. The first-order valence-electron chi connectivity index (χ1n) is 4.94. The number of nitrogens with two attached hydrogens (primary N) is 1. The molecule has 0 amide bonds. The van der Waals surface area contributed by atoms with Crippen molar-refractivity contribution >= 4 is 9.84 Å². The summed E-state index contributed by atoms with van der Waals surface area (Å²) >= 11 is 0. The average Bonchev–Trinajstić information content (AvgIpc) is 2.18. The Hall–Kier alpha value is -0.940. The van der Waals surface area contributed by atoms with E-state index in [0.29, 0.717) is 11.1 Å². The first-order valence-corrected chi connectivity index (χ1v) is 6.89. The highest BCUT2D eigenvalue weighted by molar-refractivity contribution is 7.91. The number of hydrogen-bond acceptors (Lipinski definition) is 3. The quantitative estimate of drug-likeness (QED) is 0.879. The molecule has 1 aromatic carbocycles. The van der Waals surface area contributed by atoms with Gasteiger partial charge in [-0.25, -0.2) is 12.8 Å². The number of rotatable bonds is 3. The smallest absolute Gasteiger partial charge is 0.151 e. The van der Waals surface area contributed by atoms with Crippen molar-refractivity contribution in [1.29, 1.82) is 0 Å². The van der Waals surface area contributed by atoms with E-state index >= 15 is 0 Å².